The van der Waals surface area contributed by atoms with Crippen molar-refractivity contribution < 1.29 is 19.0 Å². The summed E-state index contributed by atoms with van der Waals surface area (Å²) in [6.45, 7) is 4.44. The maximum absolute atomic E-state index is 13.1. The molecule has 0 bridgehead atoms. The molecule has 6 nitrogen and oxygen atoms in total. The molecule has 0 amide bonds. The molecular weight excluding hydrogens is 404 g/mol. The zero-order valence-electron chi connectivity index (χ0n) is 18.5. The lowest BCUT2D eigenvalue weighted by atomic mass is 9.70. The van der Waals surface area contributed by atoms with E-state index in [-0.39, 0.29) is 22.7 Å². The first-order valence-corrected chi connectivity index (χ1v) is 10.5. The van der Waals surface area contributed by atoms with Gasteiger partial charge in [-0.25, -0.2) is 0 Å². The Balaban J connectivity index is 1.71. The normalized spacial score (nSPS) is 19.7. The summed E-state index contributed by atoms with van der Waals surface area (Å²) in [6.07, 6.45) is 0.971. The van der Waals surface area contributed by atoms with Crippen LogP contribution in [0.2, 0.25) is 0 Å². The van der Waals surface area contributed by atoms with E-state index in [0.717, 1.165) is 11.1 Å². The fourth-order valence-corrected chi connectivity index (χ4v) is 4.34. The van der Waals surface area contributed by atoms with Crippen molar-refractivity contribution in [1.82, 2.24) is 0 Å². The minimum Gasteiger partial charge on any atom is -0.493 e. The van der Waals surface area contributed by atoms with E-state index in [0.29, 0.717) is 42.3 Å². The van der Waals surface area contributed by atoms with Crippen molar-refractivity contribution in [2.75, 3.05) is 7.11 Å². The van der Waals surface area contributed by atoms with Crippen molar-refractivity contribution in [3.63, 3.8) is 0 Å². The molecule has 1 aliphatic heterocycles. The largest absolute Gasteiger partial charge is 0.493 e. The summed E-state index contributed by atoms with van der Waals surface area (Å²) in [7, 11) is 1.56. The third kappa shape index (κ3) is 4.06. The Morgan fingerprint density at radius 3 is 2.59 bits per heavy atom. The fraction of sp³-hybridized carbons (Fsp3) is 0.308. The molecule has 1 heterocycles. The van der Waals surface area contributed by atoms with Crippen LogP contribution in [0, 0.1) is 16.7 Å². The summed E-state index contributed by atoms with van der Waals surface area (Å²) in [5.41, 5.74) is 8.39. The van der Waals surface area contributed by atoms with Crippen LogP contribution < -0.4 is 15.2 Å². The van der Waals surface area contributed by atoms with Crippen LogP contribution in [0.3, 0.4) is 0 Å². The van der Waals surface area contributed by atoms with Crippen molar-refractivity contribution in [2.45, 2.75) is 39.2 Å². The number of allylic oxidation sites excluding steroid dienone is 3. The van der Waals surface area contributed by atoms with E-state index in [1.165, 1.54) is 0 Å². The highest BCUT2D eigenvalue weighted by Gasteiger charge is 2.43. The van der Waals surface area contributed by atoms with Gasteiger partial charge in [0.15, 0.2) is 17.3 Å². The molecule has 0 aromatic heterocycles. The first-order valence-electron chi connectivity index (χ1n) is 10.5. The summed E-state index contributed by atoms with van der Waals surface area (Å²) in [6, 6.07) is 17.4. The Labute approximate surface area is 187 Å². The molecule has 0 saturated carbocycles. The summed E-state index contributed by atoms with van der Waals surface area (Å²) in [5, 5.41) is 9.81. The van der Waals surface area contributed by atoms with Gasteiger partial charge in [0.1, 0.15) is 24.0 Å². The van der Waals surface area contributed by atoms with Gasteiger partial charge in [-0.3, -0.25) is 4.79 Å². The molecule has 4 rings (SSSR count). The van der Waals surface area contributed by atoms with Gasteiger partial charge in [-0.2, -0.15) is 5.26 Å². The molecule has 0 radical (unpaired) electrons. The number of hydrogen-bond donors (Lipinski definition) is 1. The number of benzene rings is 2. The lowest BCUT2D eigenvalue weighted by Crippen LogP contribution is -2.33. The van der Waals surface area contributed by atoms with Crippen LogP contribution in [-0.2, 0) is 16.1 Å². The molecular formula is C26H26N2O4. The molecule has 2 aromatic rings. The van der Waals surface area contributed by atoms with E-state index in [1.807, 2.05) is 50.2 Å². The minimum absolute atomic E-state index is 0.0233. The molecule has 2 aliphatic rings. The van der Waals surface area contributed by atoms with Gasteiger partial charge in [-0.1, -0.05) is 50.2 Å². The third-order valence-electron chi connectivity index (χ3n) is 5.83. The quantitative estimate of drug-likeness (QED) is 0.737. The predicted octanol–water partition coefficient (Wildman–Crippen LogP) is 4.73. The SMILES string of the molecule is COc1cc([C@@H]2C(C#N)=C(N)OC3=C2C(=O)CC(C)(C)C3)ccc1OCc1ccccc1. The van der Waals surface area contributed by atoms with Gasteiger partial charge in [-0.05, 0) is 28.7 Å². The number of hydrogen-bond acceptors (Lipinski definition) is 6. The van der Waals surface area contributed by atoms with Crippen LogP contribution in [0.25, 0.3) is 0 Å². The number of carbonyl (C=O) groups excluding carboxylic acids is 1. The summed E-state index contributed by atoms with van der Waals surface area (Å²) < 4.78 is 17.3. The maximum Gasteiger partial charge on any atom is 0.205 e. The van der Waals surface area contributed by atoms with Crippen molar-refractivity contribution in [1.29, 1.82) is 5.26 Å². The number of nitrogens with zero attached hydrogens (tertiary/aromatic N) is 1. The smallest absolute Gasteiger partial charge is 0.205 e. The molecule has 0 spiro atoms. The highest BCUT2D eigenvalue weighted by Crippen LogP contribution is 2.48. The van der Waals surface area contributed by atoms with Crippen molar-refractivity contribution in [3.05, 3.63) is 82.4 Å². The second kappa shape index (κ2) is 8.43. The van der Waals surface area contributed by atoms with E-state index in [4.69, 9.17) is 19.9 Å². The Kier molecular flexibility index (Phi) is 5.67. The Morgan fingerprint density at radius 1 is 1.16 bits per heavy atom. The van der Waals surface area contributed by atoms with E-state index >= 15 is 0 Å². The standard InChI is InChI=1S/C26H26N2O4/c1-26(2)12-19(29)24-22(13-26)32-25(28)18(14-27)23(24)17-9-10-20(21(11-17)30-3)31-15-16-7-5-4-6-8-16/h4-11,23H,12-13,15,28H2,1-3H3/t23-/m1/s1. The van der Waals surface area contributed by atoms with Gasteiger partial charge in [0.25, 0.3) is 0 Å². The molecule has 1 atom stereocenters. The van der Waals surface area contributed by atoms with Crippen LogP contribution >= 0.6 is 0 Å². The van der Waals surface area contributed by atoms with Gasteiger partial charge in [-0.15, -0.1) is 0 Å². The summed E-state index contributed by atoms with van der Waals surface area (Å²) in [5.74, 6) is 1.08. The number of ketones is 1. The molecule has 6 heteroatoms. The Hall–Kier alpha value is -3.72. The van der Waals surface area contributed by atoms with Gasteiger partial charge in [0.2, 0.25) is 5.88 Å². The molecule has 0 fully saturated rings. The number of methoxy groups -OCH3 is 1. The summed E-state index contributed by atoms with van der Waals surface area (Å²) in [4.78, 5) is 13.1. The molecule has 2 aromatic carbocycles. The number of nitrogens with two attached hydrogens (primary N) is 1. The third-order valence-corrected chi connectivity index (χ3v) is 5.83. The van der Waals surface area contributed by atoms with Crippen molar-refractivity contribution in [3.8, 4) is 17.6 Å². The van der Waals surface area contributed by atoms with E-state index in [9.17, 15) is 10.1 Å². The lowest BCUT2D eigenvalue weighted by Gasteiger charge is -2.37. The highest BCUT2D eigenvalue weighted by molar-refractivity contribution is 6.00. The predicted molar refractivity (Wildman–Crippen MR) is 119 cm³/mol. The zero-order chi connectivity index (χ0) is 22.9. The maximum atomic E-state index is 13.1. The molecule has 2 N–H and O–H groups in total. The zero-order valence-corrected chi connectivity index (χ0v) is 18.5. The fourth-order valence-electron chi connectivity index (χ4n) is 4.34. The topological polar surface area (TPSA) is 94.6 Å². The average molecular weight is 431 g/mol. The van der Waals surface area contributed by atoms with Gasteiger partial charge in [0.05, 0.1) is 13.0 Å². The first kappa shape index (κ1) is 21.5. The van der Waals surface area contributed by atoms with Crippen molar-refractivity contribution >= 4 is 5.78 Å². The highest BCUT2D eigenvalue weighted by atomic mass is 16.5. The van der Waals surface area contributed by atoms with Crippen LogP contribution in [0.5, 0.6) is 11.5 Å². The van der Waals surface area contributed by atoms with Crippen molar-refractivity contribution in [2.24, 2.45) is 11.1 Å². The van der Waals surface area contributed by atoms with Gasteiger partial charge in [0, 0.05) is 18.4 Å². The van der Waals surface area contributed by atoms with E-state index in [2.05, 4.69) is 6.07 Å². The van der Waals surface area contributed by atoms with Crippen LogP contribution in [0.15, 0.2) is 71.3 Å². The average Bonchev–Trinajstić information content (AvgIpc) is 2.76. The Bertz CT molecular complexity index is 1160. The monoisotopic (exact) mass is 430 g/mol. The molecule has 0 saturated heterocycles. The molecule has 0 unspecified atom stereocenters. The Morgan fingerprint density at radius 2 is 1.91 bits per heavy atom. The second-order valence-corrected chi connectivity index (χ2v) is 8.89. The number of Topliss-reactive ketones (excluding diaryl/α,β-unsaturated/α-hetero) is 1. The molecule has 164 valence electrons. The van der Waals surface area contributed by atoms with Crippen LogP contribution in [0.4, 0.5) is 0 Å². The van der Waals surface area contributed by atoms with E-state index < -0.39 is 5.92 Å². The van der Waals surface area contributed by atoms with Crippen LogP contribution in [-0.4, -0.2) is 12.9 Å². The lowest BCUT2D eigenvalue weighted by molar-refractivity contribution is -0.119. The number of carbonyl (C=O) groups is 1. The summed E-state index contributed by atoms with van der Waals surface area (Å²) >= 11 is 0. The molecule has 1 aliphatic carbocycles. The van der Waals surface area contributed by atoms with E-state index in [1.54, 1.807) is 19.2 Å². The van der Waals surface area contributed by atoms with Crippen LogP contribution in [0.1, 0.15) is 43.7 Å². The van der Waals surface area contributed by atoms with Gasteiger partial charge < -0.3 is 19.9 Å². The number of nitriles is 1. The molecule has 32 heavy (non-hydrogen) atoms. The van der Waals surface area contributed by atoms with Gasteiger partial charge >= 0.3 is 0 Å². The second-order valence-electron chi connectivity index (χ2n) is 8.89. The number of ether oxygens (including phenoxy) is 3. The minimum atomic E-state index is -0.593. The number of rotatable bonds is 5. The first-order chi connectivity index (χ1) is 15.3.